The SMILES string of the molecule is COc1ccccc1CN(C)C(=O)C1CCCN1S(=O)(=O)c1ccc2c(c1)OCCO2. The standard InChI is InChI=1S/C22H26N2O6S/c1-23(15-16-6-3-4-8-19(16)28-2)22(25)18-7-5-11-24(18)31(26,27)17-9-10-20-21(14-17)30-13-12-29-20/h3-4,6,8-10,14,18H,5,7,11-13,15H2,1-2H3. The van der Waals surface area contributed by atoms with Gasteiger partial charge in [0.05, 0.1) is 12.0 Å². The summed E-state index contributed by atoms with van der Waals surface area (Å²) in [5, 5.41) is 0. The van der Waals surface area contributed by atoms with Crippen LogP contribution >= 0.6 is 0 Å². The Bertz CT molecular complexity index is 1070. The zero-order valence-electron chi connectivity index (χ0n) is 17.6. The van der Waals surface area contributed by atoms with Gasteiger partial charge in [-0.3, -0.25) is 4.79 Å². The average molecular weight is 447 g/mol. The first-order valence-electron chi connectivity index (χ1n) is 10.2. The summed E-state index contributed by atoms with van der Waals surface area (Å²) in [5.41, 5.74) is 0.861. The van der Waals surface area contributed by atoms with Gasteiger partial charge in [-0.2, -0.15) is 4.31 Å². The summed E-state index contributed by atoms with van der Waals surface area (Å²) in [6.45, 7) is 1.43. The van der Waals surface area contributed by atoms with E-state index in [2.05, 4.69) is 0 Å². The largest absolute Gasteiger partial charge is 0.496 e. The summed E-state index contributed by atoms with van der Waals surface area (Å²) in [4.78, 5) is 14.9. The van der Waals surface area contributed by atoms with E-state index in [4.69, 9.17) is 14.2 Å². The van der Waals surface area contributed by atoms with Crippen molar-refractivity contribution >= 4 is 15.9 Å². The van der Waals surface area contributed by atoms with Crippen LogP contribution in [0.1, 0.15) is 18.4 Å². The number of fused-ring (bicyclic) bond motifs is 1. The van der Waals surface area contributed by atoms with Crippen LogP contribution in [-0.2, 0) is 21.4 Å². The molecule has 9 heteroatoms. The van der Waals surface area contributed by atoms with Crippen LogP contribution in [0.15, 0.2) is 47.4 Å². The number of rotatable bonds is 6. The van der Waals surface area contributed by atoms with Crippen LogP contribution in [0.2, 0.25) is 0 Å². The van der Waals surface area contributed by atoms with Crippen molar-refractivity contribution in [2.24, 2.45) is 0 Å². The zero-order chi connectivity index (χ0) is 22.0. The second-order valence-corrected chi connectivity index (χ2v) is 9.48. The van der Waals surface area contributed by atoms with Crippen LogP contribution in [0.5, 0.6) is 17.2 Å². The molecule has 0 saturated carbocycles. The highest BCUT2D eigenvalue weighted by atomic mass is 32.2. The number of para-hydroxylation sites is 1. The molecule has 1 unspecified atom stereocenters. The van der Waals surface area contributed by atoms with Crippen molar-refractivity contribution in [3.05, 3.63) is 48.0 Å². The molecule has 2 aromatic rings. The van der Waals surface area contributed by atoms with Crippen LogP contribution in [0.3, 0.4) is 0 Å². The van der Waals surface area contributed by atoms with Crippen LogP contribution in [0.25, 0.3) is 0 Å². The van der Waals surface area contributed by atoms with Crippen molar-refractivity contribution in [2.45, 2.75) is 30.3 Å². The molecule has 2 aromatic carbocycles. The molecule has 1 atom stereocenters. The monoisotopic (exact) mass is 446 g/mol. The predicted octanol–water partition coefficient (Wildman–Crippen LogP) is 2.28. The minimum absolute atomic E-state index is 0.101. The van der Waals surface area contributed by atoms with Gasteiger partial charge >= 0.3 is 0 Å². The van der Waals surface area contributed by atoms with Crippen molar-refractivity contribution in [3.63, 3.8) is 0 Å². The number of carbonyl (C=O) groups excluding carboxylic acids is 1. The van der Waals surface area contributed by atoms with Crippen LogP contribution in [0.4, 0.5) is 0 Å². The Morgan fingerprint density at radius 1 is 1.16 bits per heavy atom. The summed E-state index contributed by atoms with van der Waals surface area (Å²) in [6, 6.07) is 11.3. The smallest absolute Gasteiger partial charge is 0.243 e. The van der Waals surface area contributed by atoms with Gasteiger partial charge in [0.2, 0.25) is 15.9 Å². The molecule has 0 bridgehead atoms. The van der Waals surface area contributed by atoms with Crippen molar-refractivity contribution in [1.29, 1.82) is 0 Å². The van der Waals surface area contributed by atoms with E-state index in [0.717, 1.165) is 5.56 Å². The molecule has 0 aromatic heterocycles. The molecule has 0 N–H and O–H groups in total. The summed E-state index contributed by atoms with van der Waals surface area (Å²) in [5.74, 6) is 1.39. The minimum Gasteiger partial charge on any atom is -0.496 e. The molecule has 0 aliphatic carbocycles. The molecule has 1 amide bonds. The lowest BCUT2D eigenvalue weighted by molar-refractivity contribution is -0.133. The number of likely N-dealkylation sites (N-methyl/N-ethyl adjacent to an activating group) is 1. The number of methoxy groups -OCH3 is 1. The Morgan fingerprint density at radius 3 is 2.68 bits per heavy atom. The maximum atomic E-state index is 13.4. The Kier molecular flexibility index (Phi) is 6.06. The Hall–Kier alpha value is -2.78. The van der Waals surface area contributed by atoms with Crippen LogP contribution < -0.4 is 14.2 Å². The highest BCUT2D eigenvalue weighted by Crippen LogP contribution is 2.35. The molecular formula is C22H26N2O6S. The van der Waals surface area contributed by atoms with E-state index >= 15 is 0 Å². The van der Waals surface area contributed by atoms with Crippen LogP contribution in [-0.4, -0.2) is 63.5 Å². The van der Waals surface area contributed by atoms with Gasteiger partial charge in [0.1, 0.15) is 25.0 Å². The second-order valence-electron chi connectivity index (χ2n) is 7.59. The highest BCUT2D eigenvalue weighted by Gasteiger charge is 2.41. The van der Waals surface area contributed by atoms with Gasteiger partial charge in [-0.15, -0.1) is 0 Å². The molecule has 2 heterocycles. The summed E-state index contributed by atoms with van der Waals surface area (Å²) >= 11 is 0. The maximum Gasteiger partial charge on any atom is 0.243 e. The summed E-state index contributed by atoms with van der Waals surface area (Å²) in [6.07, 6.45) is 1.11. The number of ether oxygens (including phenoxy) is 3. The van der Waals surface area contributed by atoms with Gasteiger partial charge in [-0.25, -0.2) is 8.42 Å². The fourth-order valence-electron chi connectivity index (χ4n) is 4.02. The number of hydrogen-bond donors (Lipinski definition) is 0. The third-order valence-corrected chi connectivity index (χ3v) is 7.49. The summed E-state index contributed by atoms with van der Waals surface area (Å²) < 4.78 is 44.4. The highest BCUT2D eigenvalue weighted by molar-refractivity contribution is 7.89. The lowest BCUT2D eigenvalue weighted by Gasteiger charge is -2.28. The van der Waals surface area contributed by atoms with Gasteiger partial charge < -0.3 is 19.1 Å². The topological polar surface area (TPSA) is 85.4 Å². The first kappa shape index (κ1) is 21.5. The van der Waals surface area contributed by atoms with Gasteiger partial charge in [-0.05, 0) is 31.0 Å². The number of carbonyl (C=O) groups is 1. The maximum absolute atomic E-state index is 13.4. The lowest BCUT2D eigenvalue weighted by atomic mass is 10.1. The quantitative estimate of drug-likeness (QED) is 0.677. The third kappa shape index (κ3) is 4.20. The molecule has 2 aliphatic rings. The normalized spacial score (nSPS) is 18.6. The van der Waals surface area contributed by atoms with Gasteiger partial charge in [0, 0.05) is 31.8 Å². The number of sulfonamides is 1. The fraction of sp³-hybridized carbons (Fsp3) is 0.409. The molecule has 1 saturated heterocycles. The fourth-order valence-corrected chi connectivity index (χ4v) is 5.68. The van der Waals surface area contributed by atoms with Crippen LogP contribution in [0, 0.1) is 0 Å². The van der Waals surface area contributed by atoms with E-state index in [9.17, 15) is 13.2 Å². The average Bonchev–Trinajstić information content (AvgIpc) is 3.29. The molecule has 2 aliphatic heterocycles. The molecule has 8 nitrogen and oxygen atoms in total. The number of nitrogens with zero attached hydrogens (tertiary/aromatic N) is 2. The number of hydrogen-bond acceptors (Lipinski definition) is 6. The Labute approximate surface area is 182 Å². The lowest BCUT2D eigenvalue weighted by Crippen LogP contribution is -2.46. The number of amides is 1. The minimum atomic E-state index is -3.86. The molecular weight excluding hydrogens is 420 g/mol. The van der Waals surface area contributed by atoms with Gasteiger partial charge in [0.25, 0.3) is 0 Å². The molecule has 1 fully saturated rings. The van der Waals surface area contributed by atoms with Crippen molar-refractivity contribution in [1.82, 2.24) is 9.21 Å². The zero-order valence-corrected chi connectivity index (χ0v) is 18.4. The predicted molar refractivity (Wildman–Crippen MR) is 114 cm³/mol. The van der Waals surface area contributed by atoms with E-state index < -0.39 is 16.1 Å². The third-order valence-electron chi connectivity index (χ3n) is 5.59. The van der Waals surface area contributed by atoms with E-state index in [-0.39, 0.29) is 10.8 Å². The van der Waals surface area contributed by atoms with E-state index in [1.807, 2.05) is 24.3 Å². The van der Waals surface area contributed by atoms with Crippen molar-refractivity contribution < 1.29 is 27.4 Å². The molecule has 0 spiro atoms. The Morgan fingerprint density at radius 2 is 1.90 bits per heavy atom. The molecule has 166 valence electrons. The first-order chi connectivity index (χ1) is 14.9. The molecule has 31 heavy (non-hydrogen) atoms. The van der Waals surface area contributed by atoms with Gasteiger partial charge in [-0.1, -0.05) is 18.2 Å². The van der Waals surface area contributed by atoms with Gasteiger partial charge in [0.15, 0.2) is 11.5 Å². The van der Waals surface area contributed by atoms with Crippen molar-refractivity contribution in [3.8, 4) is 17.2 Å². The van der Waals surface area contributed by atoms with E-state index in [1.54, 1.807) is 25.1 Å². The Balaban J connectivity index is 1.54. The first-order valence-corrected chi connectivity index (χ1v) is 11.6. The second kappa shape index (κ2) is 8.76. The van der Waals surface area contributed by atoms with E-state index in [0.29, 0.717) is 56.4 Å². The van der Waals surface area contributed by atoms with E-state index in [1.165, 1.54) is 16.4 Å². The number of benzene rings is 2. The van der Waals surface area contributed by atoms with Crippen molar-refractivity contribution in [2.75, 3.05) is 33.9 Å². The molecule has 0 radical (unpaired) electrons. The molecule has 4 rings (SSSR count). The summed E-state index contributed by atoms with van der Waals surface area (Å²) in [7, 11) is -0.595.